The van der Waals surface area contributed by atoms with E-state index in [1.54, 1.807) is 0 Å². The highest BCUT2D eigenvalue weighted by Gasteiger charge is 2.16. The van der Waals surface area contributed by atoms with E-state index in [1.807, 2.05) is 0 Å². The van der Waals surface area contributed by atoms with E-state index in [0.717, 1.165) is 19.0 Å². The second-order valence-electron chi connectivity index (χ2n) is 5.89. The Morgan fingerprint density at radius 1 is 0.952 bits per heavy atom. The fraction of sp³-hybridized carbons (Fsp3) is 0.368. The summed E-state index contributed by atoms with van der Waals surface area (Å²) in [4.78, 5) is 2.42. The molecule has 1 fully saturated rings. The van der Waals surface area contributed by atoms with Gasteiger partial charge in [0.2, 0.25) is 0 Å². The molecule has 0 saturated carbocycles. The molecule has 0 amide bonds. The average Bonchev–Trinajstić information content (AvgIpc) is 2.50. The van der Waals surface area contributed by atoms with Gasteiger partial charge in [0.05, 0.1) is 0 Å². The van der Waals surface area contributed by atoms with Gasteiger partial charge in [-0.2, -0.15) is 0 Å². The van der Waals surface area contributed by atoms with Gasteiger partial charge >= 0.3 is 0 Å². The lowest BCUT2D eigenvalue weighted by Crippen LogP contribution is -2.43. The third-order valence-corrected chi connectivity index (χ3v) is 4.29. The molecule has 2 aromatic carbocycles. The zero-order valence-corrected chi connectivity index (χ0v) is 12.8. The lowest BCUT2D eigenvalue weighted by molar-refractivity contribution is 0.346. The van der Waals surface area contributed by atoms with Gasteiger partial charge in [-0.3, -0.25) is 0 Å². The lowest BCUT2D eigenvalue weighted by Gasteiger charge is -2.27. The Morgan fingerprint density at radius 3 is 2.24 bits per heavy atom. The van der Waals surface area contributed by atoms with E-state index in [2.05, 4.69) is 71.7 Å². The molecule has 0 aliphatic carbocycles. The van der Waals surface area contributed by atoms with Crippen LogP contribution in [0.5, 0.6) is 0 Å². The quantitative estimate of drug-likeness (QED) is 0.871. The van der Waals surface area contributed by atoms with Gasteiger partial charge in [-0.05, 0) is 55.6 Å². The molecule has 1 N–H and O–H groups in total. The van der Waals surface area contributed by atoms with Gasteiger partial charge in [0.15, 0.2) is 0 Å². The summed E-state index contributed by atoms with van der Waals surface area (Å²) in [6.07, 6.45) is 1.21. The van der Waals surface area contributed by atoms with Gasteiger partial charge in [-0.15, -0.1) is 0 Å². The maximum absolute atomic E-state index is 3.34. The predicted molar refractivity (Wildman–Crippen MR) is 89.7 cm³/mol. The van der Waals surface area contributed by atoms with E-state index in [-0.39, 0.29) is 0 Å². The van der Waals surface area contributed by atoms with Crippen molar-refractivity contribution < 1.29 is 0 Å². The smallest absolute Gasteiger partial charge is 0.0429 e. The van der Waals surface area contributed by atoms with Crippen LogP contribution in [0, 0.1) is 5.92 Å². The molecule has 2 nitrogen and oxygen atoms in total. The molecule has 2 heteroatoms. The fourth-order valence-corrected chi connectivity index (χ4v) is 2.86. The van der Waals surface area contributed by atoms with Crippen LogP contribution in [0.25, 0.3) is 0 Å². The number of hydrogen-bond acceptors (Lipinski definition) is 2. The SMILES string of the molecule is CCN(Cc1ccccc1)c1ccc(CC2CNC2)cc1. The molecule has 1 aliphatic rings. The van der Waals surface area contributed by atoms with Crippen molar-refractivity contribution in [2.75, 3.05) is 24.5 Å². The van der Waals surface area contributed by atoms with E-state index < -0.39 is 0 Å². The Hall–Kier alpha value is -1.80. The van der Waals surface area contributed by atoms with Crippen molar-refractivity contribution in [2.45, 2.75) is 19.9 Å². The van der Waals surface area contributed by atoms with Gasteiger partial charge in [0, 0.05) is 18.8 Å². The van der Waals surface area contributed by atoms with Crippen molar-refractivity contribution in [3.63, 3.8) is 0 Å². The van der Waals surface area contributed by atoms with Gasteiger partial charge < -0.3 is 10.2 Å². The molecule has 0 radical (unpaired) electrons. The molecule has 2 aromatic rings. The van der Waals surface area contributed by atoms with Crippen molar-refractivity contribution in [3.8, 4) is 0 Å². The first-order valence-corrected chi connectivity index (χ1v) is 7.93. The topological polar surface area (TPSA) is 15.3 Å². The van der Waals surface area contributed by atoms with Crippen molar-refractivity contribution in [2.24, 2.45) is 5.92 Å². The zero-order chi connectivity index (χ0) is 14.5. The van der Waals surface area contributed by atoms with E-state index in [1.165, 1.54) is 36.3 Å². The van der Waals surface area contributed by atoms with Gasteiger partial charge in [0.1, 0.15) is 0 Å². The highest BCUT2D eigenvalue weighted by molar-refractivity contribution is 5.48. The highest BCUT2D eigenvalue weighted by Crippen LogP contribution is 2.20. The highest BCUT2D eigenvalue weighted by atomic mass is 15.1. The zero-order valence-electron chi connectivity index (χ0n) is 12.8. The van der Waals surface area contributed by atoms with Crippen LogP contribution in [0.4, 0.5) is 5.69 Å². The minimum Gasteiger partial charge on any atom is -0.367 e. The Labute approximate surface area is 127 Å². The normalized spacial score (nSPS) is 14.7. The van der Waals surface area contributed by atoms with Crippen LogP contribution in [-0.2, 0) is 13.0 Å². The predicted octanol–water partition coefficient (Wildman–Crippen LogP) is 3.48. The maximum Gasteiger partial charge on any atom is 0.0429 e. The first-order chi connectivity index (χ1) is 10.3. The molecule has 1 aliphatic heterocycles. The summed E-state index contributed by atoms with van der Waals surface area (Å²) in [7, 11) is 0. The van der Waals surface area contributed by atoms with Crippen LogP contribution in [0.1, 0.15) is 18.1 Å². The number of anilines is 1. The molecule has 1 saturated heterocycles. The van der Waals surface area contributed by atoms with E-state index in [0.29, 0.717) is 0 Å². The Morgan fingerprint density at radius 2 is 1.67 bits per heavy atom. The van der Waals surface area contributed by atoms with Crippen LogP contribution in [0.15, 0.2) is 54.6 Å². The largest absolute Gasteiger partial charge is 0.367 e. The number of nitrogens with one attached hydrogen (secondary N) is 1. The summed E-state index contributed by atoms with van der Waals surface area (Å²) in [5.74, 6) is 0.836. The molecule has 0 atom stereocenters. The standard InChI is InChI=1S/C19H24N2/c1-2-21(15-17-6-4-3-5-7-17)19-10-8-16(9-11-19)12-18-13-20-14-18/h3-11,18,20H,2,12-15H2,1H3. The maximum atomic E-state index is 3.34. The summed E-state index contributed by atoms with van der Waals surface area (Å²) in [6.45, 7) is 6.58. The summed E-state index contributed by atoms with van der Waals surface area (Å²) in [5.41, 5.74) is 4.14. The van der Waals surface area contributed by atoms with Gasteiger partial charge in [0.25, 0.3) is 0 Å². The molecular formula is C19H24N2. The Balaban J connectivity index is 1.65. The minimum absolute atomic E-state index is 0.836. The fourth-order valence-electron chi connectivity index (χ4n) is 2.86. The molecular weight excluding hydrogens is 256 g/mol. The van der Waals surface area contributed by atoms with Crippen LogP contribution in [-0.4, -0.2) is 19.6 Å². The molecule has 110 valence electrons. The van der Waals surface area contributed by atoms with Gasteiger partial charge in [-0.25, -0.2) is 0 Å². The number of benzene rings is 2. The Bertz CT molecular complexity index is 544. The first kappa shape index (κ1) is 14.2. The minimum atomic E-state index is 0.836. The van der Waals surface area contributed by atoms with Crippen LogP contribution in [0.2, 0.25) is 0 Å². The molecule has 3 rings (SSSR count). The molecule has 21 heavy (non-hydrogen) atoms. The van der Waals surface area contributed by atoms with E-state index in [9.17, 15) is 0 Å². The number of nitrogens with zero attached hydrogens (tertiary/aromatic N) is 1. The summed E-state index contributed by atoms with van der Waals surface area (Å²) in [5, 5.41) is 3.34. The molecule has 0 unspecified atom stereocenters. The van der Waals surface area contributed by atoms with Crippen LogP contribution in [0.3, 0.4) is 0 Å². The monoisotopic (exact) mass is 280 g/mol. The first-order valence-electron chi connectivity index (χ1n) is 7.93. The van der Waals surface area contributed by atoms with Crippen molar-refractivity contribution in [1.29, 1.82) is 0 Å². The van der Waals surface area contributed by atoms with Crippen molar-refractivity contribution in [3.05, 3.63) is 65.7 Å². The summed E-state index contributed by atoms with van der Waals surface area (Å²) in [6, 6.07) is 19.8. The number of rotatable bonds is 6. The second-order valence-corrected chi connectivity index (χ2v) is 5.89. The third kappa shape index (κ3) is 3.64. The third-order valence-electron chi connectivity index (χ3n) is 4.29. The van der Waals surface area contributed by atoms with Crippen molar-refractivity contribution in [1.82, 2.24) is 5.32 Å². The van der Waals surface area contributed by atoms with E-state index >= 15 is 0 Å². The average molecular weight is 280 g/mol. The molecule has 0 bridgehead atoms. The molecule has 0 spiro atoms. The van der Waals surface area contributed by atoms with Gasteiger partial charge in [-0.1, -0.05) is 42.5 Å². The van der Waals surface area contributed by atoms with Crippen LogP contribution < -0.4 is 10.2 Å². The molecule has 0 aromatic heterocycles. The Kier molecular flexibility index (Phi) is 4.56. The summed E-state index contributed by atoms with van der Waals surface area (Å²) >= 11 is 0. The van der Waals surface area contributed by atoms with Crippen molar-refractivity contribution >= 4 is 5.69 Å². The molecule has 1 heterocycles. The lowest BCUT2D eigenvalue weighted by atomic mass is 9.94. The number of hydrogen-bond donors (Lipinski definition) is 1. The second kappa shape index (κ2) is 6.77. The summed E-state index contributed by atoms with van der Waals surface area (Å²) < 4.78 is 0. The van der Waals surface area contributed by atoms with E-state index in [4.69, 9.17) is 0 Å². The van der Waals surface area contributed by atoms with Crippen LogP contribution >= 0.6 is 0 Å².